The zero-order chi connectivity index (χ0) is 13.9. The monoisotopic (exact) mass is 266 g/mol. The lowest BCUT2D eigenvalue weighted by Gasteiger charge is -2.06. The number of pyridine rings is 1. The number of nitrogens with one attached hydrogen (secondary N) is 2. The van der Waals surface area contributed by atoms with Crippen LogP contribution in [0.1, 0.15) is 11.3 Å². The van der Waals surface area contributed by atoms with E-state index < -0.39 is 0 Å². The molecular formula is C15H14N4O. The first-order valence-electron chi connectivity index (χ1n) is 6.36. The number of aromatic amines is 1. The van der Waals surface area contributed by atoms with Crippen LogP contribution >= 0.6 is 0 Å². The van der Waals surface area contributed by atoms with E-state index in [-0.39, 0.29) is 5.91 Å². The zero-order valence-electron chi connectivity index (χ0n) is 11.1. The molecule has 0 saturated carbocycles. The number of fused-ring (bicyclic) bond motifs is 1. The van der Waals surface area contributed by atoms with Gasteiger partial charge in [-0.05, 0) is 24.6 Å². The highest BCUT2D eigenvalue weighted by atomic mass is 16.1. The number of benzene rings is 1. The molecule has 2 N–H and O–H groups in total. The molecule has 0 unspecified atom stereocenters. The molecule has 20 heavy (non-hydrogen) atoms. The highest BCUT2D eigenvalue weighted by molar-refractivity contribution is 6.00. The van der Waals surface area contributed by atoms with Gasteiger partial charge in [0.05, 0.1) is 23.8 Å². The molecule has 0 spiro atoms. The van der Waals surface area contributed by atoms with Gasteiger partial charge in [-0.2, -0.15) is 5.10 Å². The Morgan fingerprint density at radius 2 is 2.15 bits per heavy atom. The van der Waals surface area contributed by atoms with Crippen LogP contribution in [-0.4, -0.2) is 21.1 Å². The van der Waals surface area contributed by atoms with Gasteiger partial charge in [0.2, 0.25) is 5.91 Å². The van der Waals surface area contributed by atoms with Crippen LogP contribution in [0.4, 0.5) is 5.69 Å². The van der Waals surface area contributed by atoms with Crippen LogP contribution in [0.2, 0.25) is 0 Å². The fourth-order valence-electron chi connectivity index (χ4n) is 2.06. The average molecular weight is 266 g/mol. The van der Waals surface area contributed by atoms with Crippen LogP contribution < -0.4 is 5.32 Å². The number of nitrogens with zero attached hydrogens (tertiary/aromatic N) is 2. The molecule has 3 aromatic rings. The van der Waals surface area contributed by atoms with Crippen molar-refractivity contribution in [2.75, 3.05) is 5.32 Å². The van der Waals surface area contributed by atoms with Crippen LogP contribution in [0.3, 0.4) is 0 Å². The largest absolute Gasteiger partial charge is 0.324 e. The number of hydrogen-bond acceptors (Lipinski definition) is 3. The number of aryl methyl sites for hydroxylation is 1. The number of H-pyrrole nitrogens is 1. The van der Waals surface area contributed by atoms with Gasteiger partial charge < -0.3 is 5.32 Å². The Balaban J connectivity index is 1.76. The molecular weight excluding hydrogens is 252 g/mol. The summed E-state index contributed by atoms with van der Waals surface area (Å²) < 4.78 is 0. The van der Waals surface area contributed by atoms with E-state index in [0.717, 1.165) is 27.8 Å². The van der Waals surface area contributed by atoms with Gasteiger partial charge in [-0.25, -0.2) is 0 Å². The maximum atomic E-state index is 12.1. The van der Waals surface area contributed by atoms with Crippen molar-refractivity contribution in [3.8, 4) is 0 Å². The van der Waals surface area contributed by atoms with Gasteiger partial charge in [0.25, 0.3) is 0 Å². The van der Waals surface area contributed by atoms with Crippen molar-refractivity contribution in [1.82, 2.24) is 15.2 Å². The molecule has 0 aliphatic rings. The van der Waals surface area contributed by atoms with Gasteiger partial charge in [-0.3, -0.25) is 14.9 Å². The number of para-hydroxylation sites is 1. The first-order valence-corrected chi connectivity index (χ1v) is 6.36. The number of carbonyl (C=O) groups excluding carboxylic acids is 1. The van der Waals surface area contributed by atoms with Crippen LogP contribution in [0, 0.1) is 6.92 Å². The fraction of sp³-hybridized carbons (Fsp3) is 0.133. The van der Waals surface area contributed by atoms with Crippen molar-refractivity contribution in [3.63, 3.8) is 0 Å². The van der Waals surface area contributed by atoms with E-state index in [1.165, 1.54) is 0 Å². The number of amides is 1. The van der Waals surface area contributed by atoms with E-state index in [1.807, 2.05) is 37.3 Å². The second-order valence-electron chi connectivity index (χ2n) is 4.67. The summed E-state index contributed by atoms with van der Waals surface area (Å²) in [6.45, 7) is 1.92. The second kappa shape index (κ2) is 5.13. The normalized spacial score (nSPS) is 10.7. The van der Waals surface area contributed by atoms with Gasteiger partial charge in [0.15, 0.2) is 0 Å². The zero-order valence-corrected chi connectivity index (χ0v) is 11.1. The van der Waals surface area contributed by atoms with Crippen LogP contribution in [0.5, 0.6) is 0 Å². The SMILES string of the molecule is Cc1ccc(CC(=O)Nc2cccc3cn[nH]c23)cn1. The summed E-state index contributed by atoms with van der Waals surface area (Å²) in [5.41, 5.74) is 3.41. The summed E-state index contributed by atoms with van der Waals surface area (Å²) in [7, 11) is 0. The lowest BCUT2D eigenvalue weighted by molar-refractivity contribution is -0.115. The molecule has 0 saturated heterocycles. The molecule has 2 heterocycles. The minimum absolute atomic E-state index is 0.0715. The molecule has 0 aliphatic heterocycles. The predicted molar refractivity (Wildman–Crippen MR) is 77.4 cm³/mol. The van der Waals surface area contributed by atoms with Gasteiger partial charge in [-0.1, -0.05) is 18.2 Å². The first kappa shape index (κ1) is 12.3. The summed E-state index contributed by atoms with van der Waals surface area (Å²) in [6, 6.07) is 9.50. The highest BCUT2D eigenvalue weighted by Gasteiger charge is 2.08. The number of anilines is 1. The maximum Gasteiger partial charge on any atom is 0.228 e. The van der Waals surface area contributed by atoms with Crippen molar-refractivity contribution in [2.24, 2.45) is 0 Å². The molecule has 5 nitrogen and oxygen atoms in total. The molecule has 0 bridgehead atoms. The standard InChI is InChI=1S/C15H14N4O/c1-10-5-6-11(8-16-10)7-14(20)18-13-4-2-3-12-9-17-19-15(12)13/h2-6,8-9H,7H2,1H3,(H,17,19)(H,18,20). The summed E-state index contributed by atoms with van der Waals surface area (Å²) in [4.78, 5) is 16.2. The molecule has 1 amide bonds. The van der Waals surface area contributed by atoms with Crippen LogP contribution in [0.25, 0.3) is 10.9 Å². The number of hydrogen-bond donors (Lipinski definition) is 2. The fourth-order valence-corrected chi connectivity index (χ4v) is 2.06. The van der Waals surface area contributed by atoms with Crippen molar-refractivity contribution < 1.29 is 4.79 Å². The Labute approximate surface area is 116 Å². The van der Waals surface area contributed by atoms with E-state index in [1.54, 1.807) is 12.4 Å². The minimum atomic E-state index is -0.0715. The topological polar surface area (TPSA) is 70.7 Å². The molecule has 0 fully saturated rings. The van der Waals surface area contributed by atoms with Crippen molar-refractivity contribution in [3.05, 3.63) is 54.0 Å². The third kappa shape index (κ3) is 2.51. The minimum Gasteiger partial charge on any atom is -0.324 e. The van der Waals surface area contributed by atoms with Crippen molar-refractivity contribution in [2.45, 2.75) is 13.3 Å². The van der Waals surface area contributed by atoms with E-state index in [2.05, 4.69) is 20.5 Å². The van der Waals surface area contributed by atoms with E-state index >= 15 is 0 Å². The second-order valence-corrected chi connectivity index (χ2v) is 4.67. The smallest absolute Gasteiger partial charge is 0.228 e. The third-order valence-corrected chi connectivity index (χ3v) is 3.09. The van der Waals surface area contributed by atoms with Gasteiger partial charge in [0.1, 0.15) is 0 Å². The summed E-state index contributed by atoms with van der Waals surface area (Å²) in [5.74, 6) is -0.0715. The van der Waals surface area contributed by atoms with E-state index in [9.17, 15) is 4.79 Å². The Morgan fingerprint density at radius 1 is 1.25 bits per heavy atom. The van der Waals surface area contributed by atoms with Crippen LogP contribution in [-0.2, 0) is 11.2 Å². The van der Waals surface area contributed by atoms with Crippen molar-refractivity contribution in [1.29, 1.82) is 0 Å². The lowest BCUT2D eigenvalue weighted by Crippen LogP contribution is -2.14. The molecule has 1 aromatic carbocycles. The summed E-state index contributed by atoms with van der Waals surface area (Å²) >= 11 is 0. The maximum absolute atomic E-state index is 12.1. The molecule has 0 aliphatic carbocycles. The average Bonchev–Trinajstić information content (AvgIpc) is 2.91. The Kier molecular flexibility index (Phi) is 3.16. The van der Waals surface area contributed by atoms with E-state index in [0.29, 0.717) is 6.42 Å². The first-order chi connectivity index (χ1) is 9.72. The Morgan fingerprint density at radius 3 is 2.95 bits per heavy atom. The van der Waals surface area contributed by atoms with Gasteiger partial charge >= 0.3 is 0 Å². The number of aromatic nitrogens is 3. The Hall–Kier alpha value is -2.69. The molecule has 2 aromatic heterocycles. The molecule has 100 valence electrons. The summed E-state index contributed by atoms with van der Waals surface area (Å²) in [5, 5.41) is 10.7. The molecule has 0 radical (unpaired) electrons. The predicted octanol–water partition coefficient (Wildman–Crippen LogP) is 2.45. The quantitative estimate of drug-likeness (QED) is 0.765. The lowest BCUT2D eigenvalue weighted by atomic mass is 10.2. The van der Waals surface area contributed by atoms with E-state index in [4.69, 9.17) is 0 Å². The van der Waals surface area contributed by atoms with Crippen molar-refractivity contribution >= 4 is 22.5 Å². The van der Waals surface area contributed by atoms with Crippen LogP contribution in [0.15, 0.2) is 42.7 Å². The van der Waals surface area contributed by atoms with Gasteiger partial charge in [0, 0.05) is 17.3 Å². The molecule has 5 heteroatoms. The number of carbonyl (C=O) groups is 1. The number of rotatable bonds is 3. The van der Waals surface area contributed by atoms with Gasteiger partial charge in [-0.15, -0.1) is 0 Å². The summed E-state index contributed by atoms with van der Waals surface area (Å²) in [6.07, 6.45) is 3.76. The highest BCUT2D eigenvalue weighted by Crippen LogP contribution is 2.20. The molecule has 0 atom stereocenters. The molecule has 3 rings (SSSR count). The third-order valence-electron chi connectivity index (χ3n) is 3.09. The Bertz CT molecular complexity index is 746.